The average molecular weight is 375 g/mol. The number of hydrogen-bond donors (Lipinski definition) is 1. The van der Waals surface area contributed by atoms with Gasteiger partial charge in [0.05, 0.1) is 9.83 Å². The number of nitrogens with two attached hydrogens (primary N) is 1. The summed E-state index contributed by atoms with van der Waals surface area (Å²) >= 11 is 11.5. The molecule has 2 aromatic rings. The Kier molecular flexibility index (Phi) is 3.95. The Morgan fingerprint density at radius 2 is 1.90 bits per heavy atom. The lowest BCUT2D eigenvalue weighted by molar-refractivity contribution is 0.171. The lowest BCUT2D eigenvalue weighted by Crippen LogP contribution is -2.17. The largest absolute Gasteiger partial charge is 0.486 e. The molecule has 0 spiro atoms. The van der Waals surface area contributed by atoms with E-state index in [0.29, 0.717) is 29.7 Å². The van der Waals surface area contributed by atoms with Crippen LogP contribution in [-0.4, -0.2) is 13.2 Å². The third-order valence-electron chi connectivity index (χ3n) is 3.18. The van der Waals surface area contributed by atoms with Crippen LogP contribution >= 0.6 is 38.9 Å². The summed E-state index contributed by atoms with van der Waals surface area (Å²) in [5.74, 6) is 1.39. The fourth-order valence-electron chi connectivity index (χ4n) is 2.11. The van der Waals surface area contributed by atoms with Crippen molar-refractivity contribution in [3.05, 3.63) is 43.0 Å². The number of benzene rings is 1. The first kappa shape index (κ1) is 14.2. The maximum absolute atomic E-state index is 6.34. The lowest BCUT2D eigenvalue weighted by atomic mass is 10.0. The molecule has 1 aliphatic heterocycles. The zero-order valence-corrected chi connectivity index (χ0v) is 13.9. The summed E-state index contributed by atoms with van der Waals surface area (Å²) < 4.78 is 12.2. The molecular weight excluding hydrogens is 362 g/mol. The van der Waals surface area contributed by atoms with Gasteiger partial charge in [-0.05, 0) is 46.1 Å². The normalized spacial score (nSPS) is 15.2. The molecule has 106 valence electrons. The molecule has 0 fully saturated rings. The van der Waals surface area contributed by atoms with E-state index in [1.165, 1.54) is 5.56 Å². The number of ether oxygens (including phenoxy) is 2. The first-order valence-electron chi connectivity index (χ1n) is 6.16. The molecule has 1 atom stereocenters. The van der Waals surface area contributed by atoms with Crippen LogP contribution in [0.4, 0.5) is 0 Å². The van der Waals surface area contributed by atoms with Crippen molar-refractivity contribution in [2.75, 3.05) is 13.2 Å². The molecule has 0 bridgehead atoms. The summed E-state index contributed by atoms with van der Waals surface area (Å²) in [5, 5.41) is 0.601. The molecule has 0 saturated heterocycles. The van der Waals surface area contributed by atoms with Gasteiger partial charge in [0.25, 0.3) is 0 Å². The van der Waals surface area contributed by atoms with E-state index in [9.17, 15) is 0 Å². The van der Waals surface area contributed by atoms with E-state index in [4.69, 9.17) is 26.8 Å². The second-order valence-corrected chi connectivity index (χ2v) is 7.41. The van der Waals surface area contributed by atoms with Crippen LogP contribution in [0, 0.1) is 6.92 Å². The molecule has 0 saturated carbocycles. The van der Waals surface area contributed by atoms with Gasteiger partial charge in [0, 0.05) is 16.0 Å². The van der Waals surface area contributed by atoms with Crippen molar-refractivity contribution >= 4 is 38.9 Å². The number of rotatable bonds is 2. The molecule has 6 heteroatoms. The molecule has 1 unspecified atom stereocenters. The Morgan fingerprint density at radius 1 is 1.25 bits per heavy atom. The highest BCUT2D eigenvalue weighted by Gasteiger charge is 2.21. The van der Waals surface area contributed by atoms with Crippen LogP contribution in [0.1, 0.15) is 22.0 Å². The van der Waals surface area contributed by atoms with E-state index >= 15 is 0 Å². The Morgan fingerprint density at radius 3 is 2.50 bits per heavy atom. The van der Waals surface area contributed by atoms with Crippen LogP contribution in [0.5, 0.6) is 11.5 Å². The number of fused-ring (bicyclic) bond motifs is 1. The number of aryl methyl sites for hydroxylation is 1. The van der Waals surface area contributed by atoms with Crippen molar-refractivity contribution in [3.8, 4) is 11.5 Å². The number of halogens is 2. The summed E-state index contributed by atoms with van der Waals surface area (Å²) in [6.45, 7) is 3.14. The molecule has 3 rings (SSSR count). The molecule has 2 heterocycles. The lowest BCUT2D eigenvalue weighted by Gasteiger charge is -2.21. The van der Waals surface area contributed by atoms with Gasteiger partial charge in [-0.2, -0.15) is 0 Å². The molecule has 3 nitrogen and oxygen atoms in total. The summed E-state index contributed by atoms with van der Waals surface area (Å²) in [4.78, 5) is 1.06. The minimum atomic E-state index is -0.270. The van der Waals surface area contributed by atoms with Gasteiger partial charge in [-0.3, -0.25) is 0 Å². The maximum Gasteiger partial charge on any atom is 0.162 e. The maximum atomic E-state index is 6.34. The topological polar surface area (TPSA) is 44.5 Å². The average Bonchev–Trinajstić information content (AvgIpc) is 2.77. The van der Waals surface area contributed by atoms with Gasteiger partial charge in [-0.25, -0.2) is 0 Å². The second kappa shape index (κ2) is 5.56. The van der Waals surface area contributed by atoms with Crippen molar-refractivity contribution in [2.24, 2.45) is 5.73 Å². The molecule has 0 amide bonds. The third-order valence-corrected chi connectivity index (χ3v) is 5.73. The molecule has 2 N–H and O–H groups in total. The molecular formula is C14H13BrClNO2S. The van der Waals surface area contributed by atoms with Crippen LogP contribution in [0.15, 0.2) is 22.0 Å². The van der Waals surface area contributed by atoms with Crippen LogP contribution in [0.25, 0.3) is 0 Å². The highest BCUT2D eigenvalue weighted by Crippen LogP contribution is 2.40. The molecule has 1 aliphatic rings. The summed E-state index contributed by atoms with van der Waals surface area (Å²) in [6.07, 6.45) is 0. The number of thiophene rings is 1. The Hall–Kier alpha value is -0.750. The summed E-state index contributed by atoms with van der Waals surface area (Å²) in [5.41, 5.74) is 8.37. The van der Waals surface area contributed by atoms with Crippen LogP contribution in [0.2, 0.25) is 5.02 Å². The van der Waals surface area contributed by atoms with Crippen molar-refractivity contribution in [1.82, 2.24) is 0 Å². The summed E-state index contributed by atoms with van der Waals surface area (Å²) in [7, 11) is 0. The third kappa shape index (κ3) is 2.55. The second-order valence-electron chi connectivity index (χ2n) is 4.60. The fraction of sp³-hybridized carbons (Fsp3) is 0.286. The summed E-state index contributed by atoms with van der Waals surface area (Å²) in [6, 6.07) is 5.46. The van der Waals surface area contributed by atoms with Gasteiger partial charge in [0.2, 0.25) is 0 Å². The smallest absolute Gasteiger partial charge is 0.162 e. The van der Waals surface area contributed by atoms with Gasteiger partial charge in [-0.15, -0.1) is 11.3 Å². The Bertz CT molecular complexity index is 639. The Labute approximate surface area is 134 Å². The standard InChI is InChI=1S/C14H13BrClNO2S/c1-7-4-12(20-14(7)15)13(17)8-5-10-11(6-9(8)16)19-3-2-18-10/h4-6,13H,2-3,17H2,1H3. The monoisotopic (exact) mass is 373 g/mol. The van der Waals surface area contributed by atoms with E-state index in [1.807, 2.05) is 13.0 Å². The van der Waals surface area contributed by atoms with Crippen LogP contribution in [0.3, 0.4) is 0 Å². The van der Waals surface area contributed by atoms with Crippen molar-refractivity contribution < 1.29 is 9.47 Å². The Balaban J connectivity index is 2.00. The van der Waals surface area contributed by atoms with E-state index in [-0.39, 0.29) is 6.04 Å². The van der Waals surface area contributed by atoms with E-state index in [0.717, 1.165) is 14.2 Å². The highest BCUT2D eigenvalue weighted by atomic mass is 79.9. The quantitative estimate of drug-likeness (QED) is 0.852. The predicted octanol–water partition coefficient (Wildman–Crippen LogP) is 4.29. The van der Waals surface area contributed by atoms with Gasteiger partial charge in [0.15, 0.2) is 11.5 Å². The van der Waals surface area contributed by atoms with Crippen LogP contribution in [-0.2, 0) is 0 Å². The van der Waals surface area contributed by atoms with Crippen molar-refractivity contribution in [1.29, 1.82) is 0 Å². The van der Waals surface area contributed by atoms with E-state index < -0.39 is 0 Å². The number of hydrogen-bond acceptors (Lipinski definition) is 4. The first-order valence-corrected chi connectivity index (χ1v) is 8.15. The van der Waals surface area contributed by atoms with Gasteiger partial charge in [-0.1, -0.05) is 11.6 Å². The van der Waals surface area contributed by atoms with Crippen molar-refractivity contribution in [2.45, 2.75) is 13.0 Å². The zero-order valence-electron chi connectivity index (χ0n) is 10.8. The van der Waals surface area contributed by atoms with Gasteiger partial charge < -0.3 is 15.2 Å². The molecule has 0 radical (unpaired) electrons. The minimum absolute atomic E-state index is 0.270. The first-order chi connectivity index (χ1) is 9.56. The molecule has 0 aliphatic carbocycles. The SMILES string of the molecule is Cc1cc(C(N)c2cc3c(cc2Cl)OCCO3)sc1Br. The van der Waals surface area contributed by atoms with E-state index in [2.05, 4.69) is 22.0 Å². The molecule has 1 aromatic heterocycles. The van der Waals surface area contributed by atoms with Gasteiger partial charge in [0.1, 0.15) is 13.2 Å². The van der Waals surface area contributed by atoms with Gasteiger partial charge >= 0.3 is 0 Å². The highest BCUT2D eigenvalue weighted by molar-refractivity contribution is 9.11. The van der Waals surface area contributed by atoms with Crippen molar-refractivity contribution in [3.63, 3.8) is 0 Å². The predicted molar refractivity (Wildman–Crippen MR) is 85.2 cm³/mol. The molecule has 1 aromatic carbocycles. The van der Waals surface area contributed by atoms with E-state index in [1.54, 1.807) is 17.4 Å². The minimum Gasteiger partial charge on any atom is -0.486 e. The van der Waals surface area contributed by atoms with Crippen LogP contribution < -0.4 is 15.2 Å². The zero-order chi connectivity index (χ0) is 14.3. The molecule has 20 heavy (non-hydrogen) atoms. The fourth-order valence-corrected chi connectivity index (χ4v) is 3.97.